The minimum Gasteiger partial charge on any atom is -0.458 e. The minimum absolute atomic E-state index is 0.0209. The zero-order chi connectivity index (χ0) is 16.8. The molecule has 2 atom stereocenters. The average Bonchev–Trinajstić information content (AvgIpc) is 2.76. The number of rotatable bonds is 1. The van der Waals surface area contributed by atoms with Gasteiger partial charge in [0.15, 0.2) is 0 Å². The molecule has 1 N–H and O–H groups in total. The zero-order valence-corrected chi connectivity index (χ0v) is 14.3. The fourth-order valence-corrected chi connectivity index (χ4v) is 3.24. The topological polar surface area (TPSA) is 46.5 Å². The Morgan fingerprint density at radius 1 is 1.17 bits per heavy atom. The van der Waals surface area contributed by atoms with Gasteiger partial charge in [0, 0.05) is 17.9 Å². The van der Waals surface area contributed by atoms with Crippen LogP contribution in [0.1, 0.15) is 52.4 Å². The molecule has 3 heteroatoms. The van der Waals surface area contributed by atoms with Gasteiger partial charge < -0.3 is 9.84 Å². The fourth-order valence-electron chi connectivity index (χ4n) is 3.24. The molecule has 2 rings (SSSR count). The lowest BCUT2D eigenvalue weighted by molar-refractivity contribution is -0.139. The number of carbonyl (C=O) groups excluding carboxylic acids is 1. The van der Waals surface area contributed by atoms with Crippen molar-refractivity contribution in [2.24, 2.45) is 5.92 Å². The Morgan fingerprint density at radius 2 is 1.87 bits per heavy atom. The Morgan fingerprint density at radius 3 is 2.61 bits per heavy atom. The first kappa shape index (κ1) is 17.7. The van der Waals surface area contributed by atoms with Crippen LogP contribution in [0, 0.1) is 5.92 Å². The number of aliphatic hydroxyl groups is 1. The molecule has 1 aliphatic heterocycles. The van der Waals surface area contributed by atoms with E-state index in [4.69, 9.17) is 4.74 Å². The SMILES string of the molecule is C=C1C(=O)OC2C/C(C)=C/CC/C(C)=C/CC/C(CO)=C/CC12. The molecule has 23 heavy (non-hydrogen) atoms. The van der Waals surface area contributed by atoms with Crippen LogP contribution in [0.4, 0.5) is 0 Å². The zero-order valence-electron chi connectivity index (χ0n) is 14.3. The standard InChI is InChI=1S/C20H28O3/c1-14-6-4-8-15(2)12-19-18(16(3)20(22)23-19)11-10-17(13-21)9-5-7-14/h7-8,10,18-19,21H,3-6,9,11-13H2,1-2H3/b14-7+,15-8+,17-10-. The molecule has 0 radical (unpaired) electrons. The summed E-state index contributed by atoms with van der Waals surface area (Å²) < 4.78 is 5.52. The second-order valence-corrected chi connectivity index (χ2v) is 6.71. The van der Waals surface area contributed by atoms with Gasteiger partial charge in [-0.2, -0.15) is 0 Å². The van der Waals surface area contributed by atoms with Gasteiger partial charge in [-0.1, -0.05) is 36.0 Å². The van der Waals surface area contributed by atoms with Crippen molar-refractivity contribution in [2.75, 3.05) is 6.61 Å². The van der Waals surface area contributed by atoms with Crippen LogP contribution in [0.15, 0.2) is 47.1 Å². The highest BCUT2D eigenvalue weighted by molar-refractivity contribution is 5.90. The van der Waals surface area contributed by atoms with Gasteiger partial charge >= 0.3 is 5.97 Å². The van der Waals surface area contributed by atoms with Crippen LogP contribution >= 0.6 is 0 Å². The lowest BCUT2D eigenvalue weighted by Crippen LogP contribution is -2.17. The van der Waals surface area contributed by atoms with E-state index in [1.54, 1.807) is 0 Å². The van der Waals surface area contributed by atoms with Gasteiger partial charge in [0.2, 0.25) is 0 Å². The van der Waals surface area contributed by atoms with Gasteiger partial charge in [0.1, 0.15) is 6.10 Å². The molecule has 1 heterocycles. The number of aliphatic hydroxyl groups excluding tert-OH is 1. The Labute approximate surface area is 139 Å². The highest BCUT2D eigenvalue weighted by Crippen LogP contribution is 2.34. The third kappa shape index (κ3) is 4.93. The molecule has 1 fully saturated rings. The van der Waals surface area contributed by atoms with Crippen LogP contribution in [0.25, 0.3) is 0 Å². The quantitative estimate of drug-likeness (QED) is 0.447. The first-order chi connectivity index (χ1) is 11.0. The summed E-state index contributed by atoms with van der Waals surface area (Å²) in [5.41, 5.74) is 4.25. The van der Waals surface area contributed by atoms with E-state index >= 15 is 0 Å². The predicted octanol–water partition coefficient (Wildman–Crippen LogP) is 4.25. The fraction of sp³-hybridized carbons (Fsp3) is 0.550. The van der Waals surface area contributed by atoms with Crippen molar-refractivity contribution in [3.8, 4) is 0 Å². The lowest BCUT2D eigenvalue weighted by atomic mass is 9.88. The van der Waals surface area contributed by atoms with Gasteiger partial charge in [-0.3, -0.25) is 0 Å². The lowest BCUT2D eigenvalue weighted by Gasteiger charge is -2.17. The number of fused-ring (bicyclic) bond motifs is 1. The Balaban J connectivity index is 2.22. The molecule has 0 aromatic rings. The normalized spacial score (nSPS) is 34.1. The van der Waals surface area contributed by atoms with Crippen LogP contribution in [0.2, 0.25) is 0 Å². The van der Waals surface area contributed by atoms with E-state index in [2.05, 4.69) is 38.7 Å². The summed E-state index contributed by atoms with van der Waals surface area (Å²) in [5, 5.41) is 9.54. The summed E-state index contributed by atoms with van der Waals surface area (Å²) in [6.07, 6.45) is 11.8. The van der Waals surface area contributed by atoms with E-state index < -0.39 is 0 Å². The molecule has 0 amide bonds. The first-order valence-electron chi connectivity index (χ1n) is 8.51. The Kier molecular flexibility index (Phi) is 6.40. The summed E-state index contributed by atoms with van der Waals surface area (Å²) in [5.74, 6) is -0.249. The van der Waals surface area contributed by atoms with Crippen molar-refractivity contribution in [1.82, 2.24) is 0 Å². The molecule has 126 valence electrons. The van der Waals surface area contributed by atoms with Gasteiger partial charge in [-0.25, -0.2) is 4.79 Å². The molecular formula is C20H28O3. The molecule has 2 aliphatic rings. The van der Waals surface area contributed by atoms with E-state index in [0.29, 0.717) is 12.0 Å². The van der Waals surface area contributed by atoms with E-state index in [-0.39, 0.29) is 24.6 Å². The molecule has 0 spiro atoms. The van der Waals surface area contributed by atoms with E-state index in [0.717, 1.165) is 37.7 Å². The van der Waals surface area contributed by atoms with Gasteiger partial charge in [-0.15, -0.1) is 0 Å². The molecule has 0 bridgehead atoms. The predicted molar refractivity (Wildman–Crippen MR) is 92.9 cm³/mol. The molecule has 1 saturated heterocycles. The van der Waals surface area contributed by atoms with Crippen molar-refractivity contribution < 1.29 is 14.6 Å². The van der Waals surface area contributed by atoms with E-state index in [9.17, 15) is 9.90 Å². The van der Waals surface area contributed by atoms with Crippen molar-refractivity contribution in [3.63, 3.8) is 0 Å². The smallest absolute Gasteiger partial charge is 0.334 e. The summed E-state index contributed by atoms with van der Waals surface area (Å²) >= 11 is 0. The van der Waals surface area contributed by atoms with Crippen LogP contribution < -0.4 is 0 Å². The number of hydrogen-bond acceptors (Lipinski definition) is 3. The second kappa shape index (κ2) is 8.30. The van der Waals surface area contributed by atoms with Crippen molar-refractivity contribution in [3.05, 3.63) is 47.1 Å². The third-order valence-corrected chi connectivity index (χ3v) is 4.79. The molecule has 3 nitrogen and oxygen atoms in total. The maximum atomic E-state index is 11.9. The third-order valence-electron chi connectivity index (χ3n) is 4.79. The maximum absolute atomic E-state index is 11.9. The van der Waals surface area contributed by atoms with Crippen LogP contribution in [0.3, 0.4) is 0 Å². The molecular weight excluding hydrogens is 288 g/mol. The van der Waals surface area contributed by atoms with Gasteiger partial charge in [-0.05, 0) is 51.5 Å². The monoisotopic (exact) mass is 316 g/mol. The summed E-state index contributed by atoms with van der Waals surface area (Å²) in [6, 6.07) is 0. The second-order valence-electron chi connectivity index (χ2n) is 6.71. The van der Waals surface area contributed by atoms with Crippen LogP contribution in [-0.2, 0) is 9.53 Å². The Bertz CT molecular complexity index is 551. The van der Waals surface area contributed by atoms with Crippen molar-refractivity contribution >= 4 is 5.97 Å². The number of carbonyl (C=O) groups is 1. The van der Waals surface area contributed by atoms with Crippen molar-refractivity contribution in [1.29, 1.82) is 0 Å². The summed E-state index contributed by atoms with van der Waals surface area (Å²) in [4.78, 5) is 11.9. The van der Waals surface area contributed by atoms with Crippen LogP contribution in [0.5, 0.6) is 0 Å². The number of esters is 1. The summed E-state index contributed by atoms with van der Waals surface area (Å²) in [7, 11) is 0. The van der Waals surface area contributed by atoms with E-state index in [1.807, 2.05) is 0 Å². The highest BCUT2D eigenvalue weighted by Gasteiger charge is 2.37. The van der Waals surface area contributed by atoms with Gasteiger partial charge in [0.05, 0.1) is 6.61 Å². The van der Waals surface area contributed by atoms with E-state index in [1.165, 1.54) is 11.1 Å². The molecule has 2 unspecified atom stereocenters. The number of hydrogen-bond donors (Lipinski definition) is 1. The molecule has 0 aromatic carbocycles. The van der Waals surface area contributed by atoms with Crippen molar-refractivity contribution in [2.45, 2.75) is 58.5 Å². The highest BCUT2D eigenvalue weighted by atomic mass is 16.6. The first-order valence-corrected chi connectivity index (χ1v) is 8.51. The molecule has 0 aromatic heterocycles. The number of allylic oxidation sites excluding steroid dienone is 4. The molecule has 1 aliphatic carbocycles. The van der Waals surface area contributed by atoms with Gasteiger partial charge in [0.25, 0.3) is 0 Å². The summed E-state index contributed by atoms with van der Waals surface area (Å²) in [6.45, 7) is 8.25. The van der Waals surface area contributed by atoms with Crippen LogP contribution in [-0.4, -0.2) is 23.8 Å². The average molecular weight is 316 g/mol. The molecule has 0 saturated carbocycles. The largest absolute Gasteiger partial charge is 0.458 e. The maximum Gasteiger partial charge on any atom is 0.334 e. The minimum atomic E-state index is -0.270. The Hall–Kier alpha value is -1.61. The number of ether oxygens (including phenoxy) is 1.